The van der Waals surface area contributed by atoms with E-state index in [-0.39, 0.29) is 23.6 Å². The molecule has 0 bridgehead atoms. The van der Waals surface area contributed by atoms with Gasteiger partial charge in [0.15, 0.2) is 11.4 Å². The SMILES string of the molecule is C=C[C@]1(C)CC[C@@H]([C@@]2(C)O[C@H](C(=C)C)CC2=O)O1. The fourth-order valence-corrected chi connectivity index (χ4v) is 2.70. The molecule has 2 saturated heterocycles. The number of ether oxygens (including phenoxy) is 2. The van der Waals surface area contributed by atoms with Crippen LogP contribution in [0.1, 0.15) is 40.0 Å². The minimum Gasteiger partial charge on any atom is -0.365 e. The van der Waals surface area contributed by atoms with Crippen LogP contribution in [-0.2, 0) is 14.3 Å². The first kappa shape index (κ1) is 13.5. The highest BCUT2D eigenvalue weighted by Crippen LogP contribution is 2.42. The minimum atomic E-state index is -0.829. The highest BCUT2D eigenvalue weighted by molar-refractivity contribution is 5.90. The normalized spacial score (nSPS) is 44.3. The molecule has 0 unspecified atom stereocenters. The van der Waals surface area contributed by atoms with Crippen molar-refractivity contribution in [3.63, 3.8) is 0 Å². The van der Waals surface area contributed by atoms with Crippen LogP contribution in [0.25, 0.3) is 0 Å². The van der Waals surface area contributed by atoms with Gasteiger partial charge in [-0.25, -0.2) is 0 Å². The third-order valence-electron chi connectivity index (χ3n) is 4.22. The van der Waals surface area contributed by atoms with E-state index in [9.17, 15) is 4.79 Å². The Hall–Kier alpha value is -0.930. The Morgan fingerprint density at radius 1 is 1.44 bits per heavy atom. The molecule has 2 rings (SSSR count). The lowest BCUT2D eigenvalue weighted by Crippen LogP contribution is -2.46. The highest BCUT2D eigenvalue weighted by atomic mass is 16.6. The van der Waals surface area contributed by atoms with Crippen LogP contribution < -0.4 is 0 Å². The lowest BCUT2D eigenvalue weighted by atomic mass is 9.91. The van der Waals surface area contributed by atoms with Crippen molar-refractivity contribution in [3.05, 3.63) is 24.8 Å². The third-order valence-corrected chi connectivity index (χ3v) is 4.22. The zero-order valence-corrected chi connectivity index (χ0v) is 11.5. The number of rotatable bonds is 3. The monoisotopic (exact) mass is 250 g/mol. The molecule has 0 saturated carbocycles. The topological polar surface area (TPSA) is 35.5 Å². The molecule has 100 valence electrons. The molecule has 0 N–H and O–H groups in total. The summed E-state index contributed by atoms with van der Waals surface area (Å²) >= 11 is 0. The van der Waals surface area contributed by atoms with E-state index >= 15 is 0 Å². The standard InChI is InChI=1S/C15H22O3/c1-6-14(4)8-7-13(18-14)15(5)12(16)9-11(17-15)10(2)3/h6,11,13H,1-2,7-9H2,3-5H3/t11-,13-,14+,15-/m0/s1. The Kier molecular flexibility index (Phi) is 3.24. The summed E-state index contributed by atoms with van der Waals surface area (Å²) < 4.78 is 11.9. The largest absolute Gasteiger partial charge is 0.365 e. The van der Waals surface area contributed by atoms with Crippen molar-refractivity contribution in [1.82, 2.24) is 0 Å². The van der Waals surface area contributed by atoms with Gasteiger partial charge in [-0.3, -0.25) is 4.79 Å². The number of ketones is 1. The summed E-state index contributed by atoms with van der Waals surface area (Å²) in [7, 11) is 0. The van der Waals surface area contributed by atoms with Gasteiger partial charge >= 0.3 is 0 Å². The van der Waals surface area contributed by atoms with E-state index in [1.807, 2.05) is 26.8 Å². The van der Waals surface area contributed by atoms with Gasteiger partial charge < -0.3 is 9.47 Å². The number of Topliss-reactive ketones (excluding diaryl/α,β-unsaturated/α-hetero) is 1. The third kappa shape index (κ3) is 2.06. The van der Waals surface area contributed by atoms with Crippen LogP contribution >= 0.6 is 0 Å². The zero-order chi connectivity index (χ0) is 13.6. The molecule has 3 nitrogen and oxygen atoms in total. The first-order chi connectivity index (χ1) is 8.31. The van der Waals surface area contributed by atoms with Crippen LogP contribution in [0.5, 0.6) is 0 Å². The maximum Gasteiger partial charge on any atom is 0.169 e. The van der Waals surface area contributed by atoms with Crippen LogP contribution in [0.3, 0.4) is 0 Å². The smallest absolute Gasteiger partial charge is 0.169 e. The first-order valence-corrected chi connectivity index (χ1v) is 6.49. The molecule has 0 aliphatic carbocycles. The molecule has 0 aromatic heterocycles. The molecule has 2 heterocycles. The second-order valence-corrected chi connectivity index (χ2v) is 5.85. The zero-order valence-electron chi connectivity index (χ0n) is 11.5. The molecule has 0 radical (unpaired) electrons. The number of carbonyl (C=O) groups excluding carboxylic acids is 1. The van der Waals surface area contributed by atoms with E-state index in [1.54, 1.807) is 0 Å². The van der Waals surface area contributed by atoms with Crippen molar-refractivity contribution in [2.24, 2.45) is 0 Å². The van der Waals surface area contributed by atoms with Crippen LogP contribution in [-0.4, -0.2) is 29.2 Å². The average Bonchev–Trinajstić information content (AvgIpc) is 2.84. The summed E-state index contributed by atoms with van der Waals surface area (Å²) in [5.74, 6) is 0.119. The van der Waals surface area contributed by atoms with Crippen molar-refractivity contribution in [2.75, 3.05) is 0 Å². The molecule has 2 aliphatic rings. The van der Waals surface area contributed by atoms with Gasteiger partial charge in [-0.1, -0.05) is 18.2 Å². The molecule has 18 heavy (non-hydrogen) atoms. The van der Waals surface area contributed by atoms with Crippen molar-refractivity contribution in [3.8, 4) is 0 Å². The molecule has 0 spiro atoms. The van der Waals surface area contributed by atoms with Crippen LogP contribution in [0.15, 0.2) is 24.8 Å². The highest BCUT2D eigenvalue weighted by Gasteiger charge is 2.54. The van der Waals surface area contributed by atoms with Gasteiger partial charge in [-0.05, 0) is 33.6 Å². The van der Waals surface area contributed by atoms with Crippen molar-refractivity contribution in [2.45, 2.75) is 63.4 Å². The molecule has 2 fully saturated rings. The van der Waals surface area contributed by atoms with Gasteiger partial charge in [0.1, 0.15) is 0 Å². The molecule has 2 aliphatic heterocycles. The fourth-order valence-electron chi connectivity index (χ4n) is 2.70. The molecular formula is C15H22O3. The second-order valence-electron chi connectivity index (χ2n) is 5.85. The summed E-state index contributed by atoms with van der Waals surface area (Å²) in [5.41, 5.74) is -0.264. The van der Waals surface area contributed by atoms with Crippen LogP contribution in [0.4, 0.5) is 0 Å². The van der Waals surface area contributed by atoms with Gasteiger partial charge in [0.2, 0.25) is 0 Å². The molecule has 3 heteroatoms. The van der Waals surface area contributed by atoms with E-state index in [2.05, 4.69) is 13.2 Å². The molecule has 0 amide bonds. The van der Waals surface area contributed by atoms with E-state index in [0.29, 0.717) is 6.42 Å². The van der Waals surface area contributed by atoms with Gasteiger partial charge in [-0.15, -0.1) is 6.58 Å². The van der Waals surface area contributed by atoms with Crippen molar-refractivity contribution in [1.29, 1.82) is 0 Å². The molecule has 0 aromatic carbocycles. The predicted molar refractivity (Wildman–Crippen MR) is 70.4 cm³/mol. The average molecular weight is 250 g/mol. The van der Waals surface area contributed by atoms with E-state index < -0.39 is 5.60 Å². The number of carbonyl (C=O) groups is 1. The van der Waals surface area contributed by atoms with Crippen LogP contribution in [0.2, 0.25) is 0 Å². The molecule has 4 atom stereocenters. The Morgan fingerprint density at radius 2 is 2.11 bits per heavy atom. The summed E-state index contributed by atoms with van der Waals surface area (Å²) in [4.78, 5) is 12.2. The van der Waals surface area contributed by atoms with Crippen molar-refractivity contribution >= 4 is 5.78 Å². The van der Waals surface area contributed by atoms with E-state index in [0.717, 1.165) is 18.4 Å². The Bertz CT molecular complexity index is 401. The van der Waals surface area contributed by atoms with Crippen molar-refractivity contribution < 1.29 is 14.3 Å². The quantitative estimate of drug-likeness (QED) is 0.722. The predicted octanol–water partition coefficient (Wildman–Crippen LogP) is 2.80. The van der Waals surface area contributed by atoms with E-state index in [4.69, 9.17) is 9.47 Å². The summed E-state index contributed by atoms with van der Waals surface area (Å²) in [6.07, 6.45) is 3.58. The van der Waals surface area contributed by atoms with Gasteiger partial charge in [-0.2, -0.15) is 0 Å². The molecular weight excluding hydrogens is 228 g/mol. The summed E-state index contributed by atoms with van der Waals surface area (Å²) in [6.45, 7) is 13.4. The minimum absolute atomic E-state index is 0.119. The number of hydrogen-bond acceptors (Lipinski definition) is 3. The van der Waals surface area contributed by atoms with Gasteiger partial charge in [0.25, 0.3) is 0 Å². The summed E-state index contributed by atoms with van der Waals surface area (Å²) in [6, 6.07) is 0. The Morgan fingerprint density at radius 3 is 2.56 bits per heavy atom. The maximum atomic E-state index is 12.2. The van der Waals surface area contributed by atoms with Crippen LogP contribution in [0, 0.1) is 0 Å². The number of hydrogen-bond donors (Lipinski definition) is 0. The second kappa shape index (κ2) is 4.32. The lowest BCUT2D eigenvalue weighted by molar-refractivity contribution is -0.155. The first-order valence-electron chi connectivity index (χ1n) is 6.49. The Labute approximate surface area is 109 Å². The van der Waals surface area contributed by atoms with Gasteiger partial charge in [0.05, 0.1) is 17.8 Å². The lowest BCUT2D eigenvalue weighted by Gasteiger charge is -2.31. The molecule has 0 aromatic rings. The summed E-state index contributed by atoms with van der Waals surface area (Å²) in [5, 5.41) is 0. The fraction of sp³-hybridized carbons (Fsp3) is 0.667. The maximum absolute atomic E-state index is 12.2. The van der Waals surface area contributed by atoms with E-state index in [1.165, 1.54) is 0 Å². The Balaban J connectivity index is 2.16. The van der Waals surface area contributed by atoms with Gasteiger partial charge in [0, 0.05) is 6.42 Å².